The van der Waals surface area contributed by atoms with E-state index in [1.807, 2.05) is 0 Å². The number of hydrogen-bond acceptors (Lipinski definition) is 3. The van der Waals surface area contributed by atoms with Gasteiger partial charge in [0.15, 0.2) is 0 Å². The molecule has 2 aliphatic heterocycles. The predicted molar refractivity (Wildman–Crippen MR) is 68.7 cm³/mol. The predicted octanol–water partition coefficient (Wildman–Crippen LogP) is 1.15. The highest BCUT2D eigenvalue weighted by Gasteiger charge is 2.32. The Bertz CT molecular complexity index is 219. The molecule has 94 valence electrons. The molecule has 0 spiro atoms. The van der Waals surface area contributed by atoms with Gasteiger partial charge in [-0.15, -0.1) is 0 Å². The third-order valence-corrected chi connectivity index (χ3v) is 4.03. The third-order valence-electron chi connectivity index (χ3n) is 4.03. The minimum atomic E-state index is 0.650. The molecule has 0 aromatic heterocycles. The second kappa shape index (κ2) is 5.03. The van der Waals surface area contributed by atoms with Gasteiger partial charge in [0.05, 0.1) is 0 Å². The maximum absolute atomic E-state index is 3.61. The fraction of sp³-hybridized carbons (Fsp3) is 1.00. The quantitative estimate of drug-likeness (QED) is 0.760. The average Bonchev–Trinajstić information content (AvgIpc) is 2.64. The first-order valence-electron chi connectivity index (χ1n) is 6.80. The molecule has 2 aliphatic rings. The van der Waals surface area contributed by atoms with Crippen LogP contribution >= 0.6 is 0 Å². The van der Waals surface area contributed by atoms with E-state index in [0.29, 0.717) is 18.1 Å². The fourth-order valence-electron chi connectivity index (χ4n) is 3.20. The molecule has 0 aliphatic carbocycles. The molecule has 0 bridgehead atoms. The Hall–Kier alpha value is -0.120. The first-order chi connectivity index (χ1) is 7.56. The Morgan fingerprint density at radius 2 is 1.69 bits per heavy atom. The number of nitrogens with zero attached hydrogens (tertiary/aromatic N) is 2. The zero-order valence-electron chi connectivity index (χ0n) is 11.2. The van der Waals surface area contributed by atoms with Crippen molar-refractivity contribution in [1.82, 2.24) is 15.1 Å². The Morgan fingerprint density at radius 3 is 2.19 bits per heavy atom. The maximum atomic E-state index is 3.61. The van der Waals surface area contributed by atoms with Crippen molar-refractivity contribution < 1.29 is 0 Å². The van der Waals surface area contributed by atoms with Crippen molar-refractivity contribution in [1.29, 1.82) is 0 Å². The SMILES string of the molecule is CC(C)N1CCC(N2C[C@@H](C)N[C@H](C)C2)C1. The molecule has 16 heavy (non-hydrogen) atoms. The fourth-order valence-corrected chi connectivity index (χ4v) is 3.20. The van der Waals surface area contributed by atoms with Crippen molar-refractivity contribution in [3.8, 4) is 0 Å². The molecule has 0 aromatic carbocycles. The smallest absolute Gasteiger partial charge is 0.0236 e. The third kappa shape index (κ3) is 2.76. The first-order valence-corrected chi connectivity index (χ1v) is 6.80. The van der Waals surface area contributed by atoms with Crippen LogP contribution in [0.1, 0.15) is 34.1 Å². The lowest BCUT2D eigenvalue weighted by molar-refractivity contribution is 0.120. The Morgan fingerprint density at radius 1 is 1.06 bits per heavy atom. The first kappa shape index (κ1) is 12.3. The van der Waals surface area contributed by atoms with Crippen molar-refractivity contribution in [3.05, 3.63) is 0 Å². The van der Waals surface area contributed by atoms with Gasteiger partial charge in [0.25, 0.3) is 0 Å². The highest BCUT2D eigenvalue weighted by Crippen LogP contribution is 2.20. The Kier molecular flexibility index (Phi) is 3.88. The number of hydrogen-bond donors (Lipinski definition) is 1. The van der Waals surface area contributed by atoms with Crippen LogP contribution in [-0.2, 0) is 0 Å². The van der Waals surface area contributed by atoms with Gasteiger partial charge in [0.1, 0.15) is 0 Å². The van der Waals surface area contributed by atoms with Gasteiger partial charge in [0.2, 0.25) is 0 Å². The average molecular weight is 225 g/mol. The van der Waals surface area contributed by atoms with Gasteiger partial charge in [-0.2, -0.15) is 0 Å². The van der Waals surface area contributed by atoms with Gasteiger partial charge < -0.3 is 5.32 Å². The van der Waals surface area contributed by atoms with Gasteiger partial charge >= 0.3 is 0 Å². The molecule has 2 heterocycles. The van der Waals surface area contributed by atoms with Crippen LogP contribution in [0.5, 0.6) is 0 Å². The Labute approximate surface area is 100 Å². The molecular formula is C13H27N3. The van der Waals surface area contributed by atoms with Gasteiger partial charge in [-0.25, -0.2) is 0 Å². The lowest BCUT2D eigenvalue weighted by Gasteiger charge is -2.39. The van der Waals surface area contributed by atoms with Gasteiger partial charge in [0, 0.05) is 50.3 Å². The van der Waals surface area contributed by atoms with E-state index in [4.69, 9.17) is 0 Å². The summed E-state index contributed by atoms with van der Waals surface area (Å²) in [6.07, 6.45) is 1.36. The summed E-state index contributed by atoms with van der Waals surface area (Å²) in [4.78, 5) is 5.32. The summed E-state index contributed by atoms with van der Waals surface area (Å²) in [7, 11) is 0. The maximum Gasteiger partial charge on any atom is 0.0236 e. The molecule has 1 unspecified atom stereocenters. The molecule has 0 radical (unpaired) electrons. The van der Waals surface area contributed by atoms with E-state index < -0.39 is 0 Å². The minimum Gasteiger partial charge on any atom is -0.309 e. The molecule has 2 rings (SSSR count). The van der Waals surface area contributed by atoms with Crippen LogP contribution in [-0.4, -0.2) is 60.1 Å². The molecule has 0 saturated carbocycles. The van der Waals surface area contributed by atoms with Crippen molar-refractivity contribution in [2.24, 2.45) is 0 Å². The van der Waals surface area contributed by atoms with E-state index in [1.165, 1.54) is 32.6 Å². The molecule has 2 saturated heterocycles. The van der Waals surface area contributed by atoms with E-state index in [1.54, 1.807) is 0 Å². The zero-order chi connectivity index (χ0) is 11.7. The largest absolute Gasteiger partial charge is 0.309 e. The second-order valence-corrected chi connectivity index (χ2v) is 5.95. The number of rotatable bonds is 2. The van der Waals surface area contributed by atoms with Crippen LogP contribution in [0.15, 0.2) is 0 Å². The lowest BCUT2D eigenvalue weighted by atomic mass is 10.1. The highest BCUT2D eigenvalue weighted by atomic mass is 15.3. The normalized spacial score (nSPS) is 38.4. The van der Waals surface area contributed by atoms with E-state index in [-0.39, 0.29) is 0 Å². The summed E-state index contributed by atoms with van der Waals surface area (Å²) >= 11 is 0. The van der Waals surface area contributed by atoms with Crippen molar-refractivity contribution in [2.45, 2.75) is 58.3 Å². The molecular weight excluding hydrogens is 198 g/mol. The standard InChI is InChI=1S/C13H27N3/c1-10(2)15-6-5-13(9-15)16-7-11(3)14-12(4)8-16/h10-14H,5-9H2,1-4H3/t11-,12-,13?/m1/s1. The van der Waals surface area contributed by atoms with E-state index in [0.717, 1.165) is 6.04 Å². The summed E-state index contributed by atoms with van der Waals surface area (Å²) < 4.78 is 0. The lowest BCUT2D eigenvalue weighted by Crippen LogP contribution is -2.57. The van der Waals surface area contributed by atoms with Crippen LogP contribution in [0, 0.1) is 0 Å². The molecule has 3 heteroatoms. The van der Waals surface area contributed by atoms with Crippen molar-refractivity contribution >= 4 is 0 Å². The van der Waals surface area contributed by atoms with Gasteiger partial charge in [-0.1, -0.05) is 0 Å². The Balaban J connectivity index is 1.88. The minimum absolute atomic E-state index is 0.650. The van der Waals surface area contributed by atoms with Crippen LogP contribution in [0.4, 0.5) is 0 Å². The van der Waals surface area contributed by atoms with Gasteiger partial charge in [-0.3, -0.25) is 9.80 Å². The molecule has 1 N–H and O–H groups in total. The van der Waals surface area contributed by atoms with Crippen LogP contribution in [0.2, 0.25) is 0 Å². The van der Waals surface area contributed by atoms with Crippen molar-refractivity contribution in [3.63, 3.8) is 0 Å². The highest BCUT2D eigenvalue weighted by molar-refractivity contribution is 4.90. The van der Waals surface area contributed by atoms with E-state index in [2.05, 4.69) is 42.8 Å². The number of likely N-dealkylation sites (tertiary alicyclic amines) is 1. The van der Waals surface area contributed by atoms with E-state index >= 15 is 0 Å². The van der Waals surface area contributed by atoms with Crippen LogP contribution < -0.4 is 5.32 Å². The summed E-state index contributed by atoms with van der Waals surface area (Å²) in [5, 5.41) is 3.61. The summed E-state index contributed by atoms with van der Waals surface area (Å²) in [5.41, 5.74) is 0. The van der Waals surface area contributed by atoms with Crippen LogP contribution in [0.25, 0.3) is 0 Å². The summed E-state index contributed by atoms with van der Waals surface area (Å²) in [6.45, 7) is 14.2. The monoisotopic (exact) mass is 225 g/mol. The zero-order valence-corrected chi connectivity index (χ0v) is 11.2. The molecule has 2 fully saturated rings. The van der Waals surface area contributed by atoms with Crippen molar-refractivity contribution in [2.75, 3.05) is 26.2 Å². The number of piperazine rings is 1. The van der Waals surface area contributed by atoms with Crippen LogP contribution in [0.3, 0.4) is 0 Å². The summed E-state index contributed by atoms with van der Waals surface area (Å²) in [6, 6.07) is 2.81. The topological polar surface area (TPSA) is 18.5 Å². The molecule has 0 amide bonds. The molecule has 0 aromatic rings. The summed E-state index contributed by atoms with van der Waals surface area (Å²) in [5.74, 6) is 0. The second-order valence-electron chi connectivity index (χ2n) is 5.95. The van der Waals surface area contributed by atoms with E-state index in [9.17, 15) is 0 Å². The number of nitrogens with one attached hydrogen (secondary N) is 1. The molecule has 3 atom stereocenters. The molecule has 3 nitrogen and oxygen atoms in total. The van der Waals surface area contributed by atoms with Gasteiger partial charge in [-0.05, 0) is 34.1 Å².